The van der Waals surface area contributed by atoms with Gasteiger partial charge in [-0.2, -0.15) is 0 Å². The minimum absolute atomic E-state index is 0.0751. The summed E-state index contributed by atoms with van der Waals surface area (Å²) in [6.07, 6.45) is -0.143. The summed E-state index contributed by atoms with van der Waals surface area (Å²) >= 11 is 0. The molecule has 0 aromatic heterocycles. The van der Waals surface area contributed by atoms with Crippen LogP contribution in [0.3, 0.4) is 0 Å². The molecule has 0 N–H and O–H groups in total. The van der Waals surface area contributed by atoms with Gasteiger partial charge >= 0.3 is 5.97 Å². The van der Waals surface area contributed by atoms with Crippen molar-refractivity contribution in [2.45, 2.75) is 33.8 Å². The van der Waals surface area contributed by atoms with Crippen molar-refractivity contribution in [3.05, 3.63) is 30.3 Å². The van der Waals surface area contributed by atoms with E-state index in [-0.39, 0.29) is 24.6 Å². The molecule has 1 rings (SSSR count). The summed E-state index contributed by atoms with van der Waals surface area (Å²) in [5.74, 6) is 0.850. The first-order chi connectivity index (χ1) is 8.50. The molecule has 0 saturated heterocycles. The third-order valence-electron chi connectivity index (χ3n) is 2.91. The molecule has 0 bridgehead atoms. The van der Waals surface area contributed by atoms with E-state index in [1.165, 1.54) is 0 Å². The van der Waals surface area contributed by atoms with Gasteiger partial charge in [-0.25, -0.2) is 0 Å². The molecule has 1 aromatic rings. The Kier molecular flexibility index (Phi) is 5.69. The zero-order valence-electron chi connectivity index (χ0n) is 11.6. The van der Waals surface area contributed by atoms with Crippen LogP contribution in [0.5, 0.6) is 5.75 Å². The summed E-state index contributed by atoms with van der Waals surface area (Å²) in [6, 6.07) is 9.52. The highest BCUT2D eigenvalue weighted by Gasteiger charge is 2.19. The van der Waals surface area contributed by atoms with E-state index in [0.29, 0.717) is 5.92 Å². The Hall–Kier alpha value is -1.51. The molecule has 0 aliphatic heterocycles. The van der Waals surface area contributed by atoms with Gasteiger partial charge in [0.15, 0.2) is 0 Å². The Bertz CT molecular complexity index is 359. The molecule has 3 nitrogen and oxygen atoms in total. The molecule has 0 heterocycles. The number of benzene rings is 1. The molecule has 0 saturated carbocycles. The Balaban J connectivity index is 2.33. The van der Waals surface area contributed by atoms with Crippen molar-refractivity contribution in [2.75, 3.05) is 6.61 Å². The second kappa shape index (κ2) is 7.04. The molecular weight excluding hydrogens is 228 g/mol. The highest BCUT2D eigenvalue weighted by atomic mass is 16.6. The molecule has 2 atom stereocenters. The van der Waals surface area contributed by atoms with Crippen molar-refractivity contribution in [3.8, 4) is 5.75 Å². The lowest BCUT2D eigenvalue weighted by Gasteiger charge is -2.18. The van der Waals surface area contributed by atoms with Gasteiger partial charge in [-0.1, -0.05) is 39.0 Å². The van der Waals surface area contributed by atoms with E-state index in [2.05, 4.69) is 0 Å². The van der Waals surface area contributed by atoms with E-state index in [4.69, 9.17) is 9.47 Å². The third-order valence-corrected chi connectivity index (χ3v) is 2.91. The fourth-order valence-electron chi connectivity index (χ4n) is 1.37. The van der Waals surface area contributed by atoms with Crippen molar-refractivity contribution in [1.29, 1.82) is 0 Å². The highest BCUT2D eigenvalue weighted by molar-refractivity contribution is 5.72. The summed E-state index contributed by atoms with van der Waals surface area (Å²) in [7, 11) is 0. The molecule has 0 aliphatic rings. The van der Waals surface area contributed by atoms with Crippen LogP contribution in [-0.2, 0) is 9.53 Å². The molecule has 0 aliphatic carbocycles. The molecule has 0 spiro atoms. The fourth-order valence-corrected chi connectivity index (χ4v) is 1.37. The van der Waals surface area contributed by atoms with E-state index in [1.807, 2.05) is 58.0 Å². The summed E-state index contributed by atoms with van der Waals surface area (Å²) in [5, 5.41) is 0. The molecule has 2 unspecified atom stereocenters. The first-order valence-corrected chi connectivity index (χ1v) is 6.39. The predicted octanol–water partition coefficient (Wildman–Crippen LogP) is 3.29. The van der Waals surface area contributed by atoms with Crippen molar-refractivity contribution < 1.29 is 14.3 Å². The van der Waals surface area contributed by atoms with Gasteiger partial charge < -0.3 is 9.47 Å². The Labute approximate surface area is 109 Å². The molecule has 0 fully saturated rings. The minimum atomic E-state index is -0.159. The second-order valence-corrected chi connectivity index (χ2v) is 4.90. The quantitative estimate of drug-likeness (QED) is 0.727. The number of ether oxygens (including phenoxy) is 2. The molecular formula is C15H22O3. The van der Waals surface area contributed by atoms with Crippen LogP contribution >= 0.6 is 0 Å². The van der Waals surface area contributed by atoms with Crippen molar-refractivity contribution in [3.63, 3.8) is 0 Å². The Morgan fingerprint density at radius 3 is 2.28 bits per heavy atom. The monoisotopic (exact) mass is 250 g/mol. The lowest BCUT2D eigenvalue weighted by Crippen LogP contribution is -2.26. The number of hydrogen-bond acceptors (Lipinski definition) is 3. The average Bonchev–Trinajstić information content (AvgIpc) is 2.36. The van der Waals surface area contributed by atoms with Crippen LogP contribution in [0.25, 0.3) is 0 Å². The number of para-hydroxylation sites is 1. The molecule has 100 valence electrons. The lowest BCUT2D eigenvalue weighted by atomic mass is 9.99. The number of rotatable bonds is 6. The van der Waals surface area contributed by atoms with Crippen molar-refractivity contribution >= 4 is 5.97 Å². The summed E-state index contributed by atoms with van der Waals surface area (Å²) < 4.78 is 10.9. The van der Waals surface area contributed by atoms with Crippen molar-refractivity contribution in [1.82, 2.24) is 0 Å². The summed E-state index contributed by atoms with van der Waals surface area (Å²) in [6.45, 7) is 8.08. The maximum Gasteiger partial charge on any atom is 0.309 e. The maximum absolute atomic E-state index is 11.7. The van der Waals surface area contributed by atoms with Gasteiger partial charge in [-0.3, -0.25) is 4.79 Å². The Morgan fingerprint density at radius 2 is 1.72 bits per heavy atom. The third kappa shape index (κ3) is 4.78. The standard InChI is InChI=1S/C15H22O3/c1-11(2)13(4)15(16)17-10-12(3)18-14-8-6-5-7-9-14/h5-9,11-13H,10H2,1-4H3. The zero-order valence-corrected chi connectivity index (χ0v) is 11.6. The number of hydrogen-bond donors (Lipinski definition) is 0. The lowest BCUT2D eigenvalue weighted by molar-refractivity contribution is -0.151. The van der Waals surface area contributed by atoms with Crippen LogP contribution < -0.4 is 4.74 Å². The number of carbonyl (C=O) groups is 1. The smallest absolute Gasteiger partial charge is 0.309 e. The van der Waals surface area contributed by atoms with Gasteiger partial charge in [0.1, 0.15) is 18.5 Å². The van der Waals surface area contributed by atoms with Gasteiger partial charge in [-0.05, 0) is 25.0 Å². The molecule has 18 heavy (non-hydrogen) atoms. The zero-order chi connectivity index (χ0) is 13.5. The second-order valence-electron chi connectivity index (χ2n) is 4.90. The normalized spacial score (nSPS) is 14.1. The topological polar surface area (TPSA) is 35.5 Å². The van der Waals surface area contributed by atoms with Crippen LogP contribution in [0, 0.1) is 11.8 Å². The van der Waals surface area contributed by atoms with Crippen LogP contribution in [0.2, 0.25) is 0 Å². The highest BCUT2D eigenvalue weighted by Crippen LogP contribution is 2.13. The molecule has 3 heteroatoms. The van der Waals surface area contributed by atoms with Crippen molar-refractivity contribution in [2.24, 2.45) is 11.8 Å². The van der Waals surface area contributed by atoms with Crippen LogP contribution in [-0.4, -0.2) is 18.7 Å². The van der Waals surface area contributed by atoms with Gasteiger partial charge in [-0.15, -0.1) is 0 Å². The SMILES string of the molecule is CC(COC(=O)C(C)C(C)C)Oc1ccccc1. The van der Waals surface area contributed by atoms with E-state index in [9.17, 15) is 4.79 Å². The minimum Gasteiger partial charge on any atom is -0.487 e. The van der Waals surface area contributed by atoms with Gasteiger partial charge in [0.2, 0.25) is 0 Å². The van der Waals surface area contributed by atoms with E-state index >= 15 is 0 Å². The van der Waals surface area contributed by atoms with Gasteiger partial charge in [0.25, 0.3) is 0 Å². The molecule has 0 amide bonds. The predicted molar refractivity (Wildman–Crippen MR) is 71.5 cm³/mol. The molecule has 0 radical (unpaired) electrons. The molecule has 1 aromatic carbocycles. The van der Waals surface area contributed by atoms with Crippen LogP contribution in [0.15, 0.2) is 30.3 Å². The van der Waals surface area contributed by atoms with E-state index in [0.717, 1.165) is 5.75 Å². The maximum atomic E-state index is 11.7. The summed E-state index contributed by atoms with van der Waals surface area (Å²) in [5.41, 5.74) is 0. The van der Waals surface area contributed by atoms with Crippen LogP contribution in [0.4, 0.5) is 0 Å². The number of carbonyl (C=O) groups excluding carboxylic acids is 1. The average molecular weight is 250 g/mol. The summed E-state index contributed by atoms with van der Waals surface area (Å²) in [4.78, 5) is 11.7. The first kappa shape index (κ1) is 14.6. The fraction of sp³-hybridized carbons (Fsp3) is 0.533. The van der Waals surface area contributed by atoms with E-state index < -0.39 is 0 Å². The van der Waals surface area contributed by atoms with Gasteiger partial charge in [0.05, 0.1) is 5.92 Å². The number of esters is 1. The van der Waals surface area contributed by atoms with Gasteiger partial charge in [0, 0.05) is 0 Å². The first-order valence-electron chi connectivity index (χ1n) is 6.39. The largest absolute Gasteiger partial charge is 0.487 e. The Morgan fingerprint density at radius 1 is 1.11 bits per heavy atom. The van der Waals surface area contributed by atoms with Crippen LogP contribution in [0.1, 0.15) is 27.7 Å². The van der Waals surface area contributed by atoms with E-state index in [1.54, 1.807) is 0 Å².